The molecule has 8 heteroatoms. The molecule has 7 nitrogen and oxygen atoms in total. The lowest BCUT2D eigenvalue weighted by Crippen LogP contribution is -2.42. The SMILES string of the molecule is CC(O)C(C)(C)Nc1nc(Cl)nc(-n2cccn2)n1. The van der Waals surface area contributed by atoms with Gasteiger partial charge in [0.15, 0.2) is 0 Å². The van der Waals surface area contributed by atoms with Crippen LogP contribution in [-0.4, -0.2) is 41.5 Å². The van der Waals surface area contributed by atoms with E-state index in [1.54, 1.807) is 25.4 Å². The van der Waals surface area contributed by atoms with Crippen molar-refractivity contribution in [2.75, 3.05) is 5.32 Å². The zero-order chi connectivity index (χ0) is 14.0. The van der Waals surface area contributed by atoms with E-state index in [9.17, 15) is 5.11 Å². The minimum atomic E-state index is -0.591. The zero-order valence-corrected chi connectivity index (χ0v) is 11.6. The first-order valence-corrected chi connectivity index (χ1v) is 6.14. The zero-order valence-electron chi connectivity index (χ0n) is 10.9. The first-order valence-electron chi connectivity index (χ1n) is 5.76. The average Bonchev–Trinajstić information content (AvgIpc) is 2.80. The number of nitrogens with zero attached hydrogens (tertiary/aromatic N) is 5. The molecule has 0 spiro atoms. The van der Waals surface area contributed by atoms with Gasteiger partial charge in [-0.15, -0.1) is 0 Å². The number of nitrogens with one attached hydrogen (secondary N) is 1. The summed E-state index contributed by atoms with van der Waals surface area (Å²) in [6.45, 7) is 5.36. The van der Waals surface area contributed by atoms with E-state index < -0.39 is 11.6 Å². The molecule has 0 aliphatic heterocycles. The number of hydrogen-bond donors (Lipinski definition) is 2. The topological polar surface area (TPSA) is 88.8 Å². The number of aliphatic hydroxyl groups excluding tert-OH is 1. The van der Waals surface area contributed by atoms with E-state index in [2.05, 4.69) is 25.4 Å². The van der Waals surface area contributed by atoms with Gasteiger partial charge < -0.3 is 10.4 Å². The molecule has 0 saturated carbocycles. The molecule has 2 aromatic rings. The highest BCUT2D eigenvalue weighted by molar-refractivity contribution is 6.28. The Hall–Kier alpha value is -1.73. The van der Waals surface area contributed by atoms with Crippen molar-refractivity contribution in [2.45, 2.75) is 32.4 Å². The van der Waals surface area contributed by atoms with Gasteiger partial charge in [-0.3, -0.25) is 0 Å². The minimum absolute atomic E-state index is 0.0596. The van der Waals surface area contributed by atoms with E-state index in [1.807, 2.05) is 13.8 Å². The maximum atomic E-state index is 9.68. The minimum Gasteiger partial charge on any atom is -0.391 e. The fourth-order valence-electron chi connectivity index (χ4n) is 1.28. The van der Waals surface area contributed by atoms with Crippen molar-refractivity contribution in [1.82, 2.24) is 24.7 Å². The molecule has 2 rings (SSSR count). The van der Waals surface area contributed by atoms with E-state index >= 15 is 0 Å². The maximum absolute atomic E-state index is 9.68. The summed E-state index contributed by atoms with van der Waals surface area (Å²) in [7, 11) is 0. The highest BCUT2D eigenvalue weighted by atomic mass is 35.5. The Morgan fingerprint density at radius 3 is 2.68 bits per heavy atom. The van der Waals surface area contributed by atoms with Gasteiger partial charge in [0.05, 0.1) is 11.6 Å². The van der Waals surface area contributed by atoms with Gasteiger partial charge in [0.1, 0.15) is 0 Å². The molecular weight excluding hydrogens is 268 g/mol. The van der Waals surface area contributed by atoms with Crippen molar-refractivity contribution in [1.29, 1.82) is 0 Å². The molecule has 19 heavy (non-hydrogen) atoms. The average molecular weight is 283 g/mol. The number of rotatable bonds is 4. The number of hydrogen-bond acceptors (Lipinski definition) is 6. The van der Waals surface area contributed by atoms with Crippen molar-refractivity contribution < 1.29 is 5.11 Å². The van der Waals surface area contributed by atoms with Gasteiger partial charge in [0.25, 0.3) is 5.95 Å². The van der Waals surface area contributed by atoms with Crippen molar-refractivity contribution in [3.63, 3.8) is 0 Å². The molecule has 2 heterocycles. The summed E-state index contributed by atoms with van der Waals surface area (Å²) in [6.07, 6.45) is 2.73. The standard InChI is InChI=1S/C11H15ClN6O/c1-7(19)11(2,3)17-9-14-8(12)15-10(16-9)18-6-4-5-13-18/h4-7,19H,1-3H3,(H,14,15,16,17). The predicted molar refractivity (Wildman–Crippen MR) is 71.3 cm³/mol. The maximum Gasteiger partial charge on any atom is 0.256 e. The van der Waals surface area contributed by atoms with E-state index in [4.69, 9.17) is 11.6 Å². The van der Waals surface area contributed by atoms with Gasteiger partial charge in [-0.2, -0.15) is 20.1 Å². The van der Waals surface area contributed by atoms with Crippen LogP contribution >= 0.6 is 11.6 Å². The highest BCUT2D eigenvalue weighted by Crippen LogP contribution is 2.17. The molecule has 0 bridgehead atoms. The van der Waals surface area contributed by atoms with Crippen LogP contribution in [0, 0.1) is 0 Å². The molecule has 1 atom stereocenters. The molecule has 0 aromatic carbocycles. The lowest BCUT2D eigenvalue weighted by atomic mass is 9.99. The second kappa shape index (κ2) is 5.10. The Morgan fingerprint density at radius 2 is 2.11 bits per heavy atom. The first kappa shape index (κ1) is 13.7. The summed E-state index contributed by atoms with van der Waals surface area (Å²) in [4.78, 5) is 12.2. The van der Waals surface area contributed by atoms with Gasteiger partial charge in [-0.05, 0) is 38.4 Å². The molecule has 2 aromatic heterocycles. The van der Waals surface area contributed by atoms with Crippen LogP contribution in [0.3, 0.4) is 0 Å². The van der Waals surface area contributed by atoms with Crippen LogP contribution in [0.25, 0.3) is 5.95 Å². The lowest BCUT2D eigenvalue weighted by molar-refractivity contribution is 0.132. The van der Waals surface area contributed by atoms with Crippen LogP contribution in [0.5, 0.6) is 0 Å². The summed E-state index contributed by atoms with van der Waals surface area (Å²) < 4.78 is 1.48. The fourth-order valence-corrected chi connectivity index (χ4v) is 1.43. The molecule has 0 aliphatic carbocycles. The van der Waals surface area contributed by atoms with Gasteiger partial charge in [-0.1, -0.05) is 0 Å². The summed E-state index contributed by atoms with van der Waals surface area (Å²) in [5.74, 6) is 0.602. The molecule has 0 aliphatic rings. The van der Waals surface area contributed by atoms with E-state index in [0.717, 1.165) is 0 Å². The number of anilines is 1. The molecule has 0 radical (unpaired) electrons. The summed E-state index contributed by atoms with van der Waals surface area (Å²) in [6, 6.07) is 1.75. The Labute approximate surface area is 115 Å². The fraction of sp³-hybridized carbons (Fsp3) is 0.455. The molecule has 1 unspecified atom stereocenters. The predicted octanol–water partition coefficient (Wildman–Crippen LogP) is 1.28. The molecule has 0 fully saturated rings. The smallest absolute Gasteiger partial charge is 0.256 e. The van der Waals surface area contributed by atoms with Crippen LogP contribution in [0.15, 0.2) is 18.5 Å². The molecular formula is C11H15ClN6O. The van der Waals surface area contributed by atoms with E-state index in [-0.39, 0.29) is 11.2 Å². The first-order chi connectivity index (χ1) is 8.88. The number of aromatic nitrogens is 5. The monoisotopic (exact) mass is 282 g/mol. The summed E-state index contributed by atoms with van der Waals surface area (Å²) >= 11 is 5.87. The van der Waals surface area contributed by atoms with Crippen LogP contribution in [-0.2, 0) is 0 Å². The second-order valence-corrected chi connectivity index (χ2v) is 5.04. The van der Waals surface area contributed by atoms with Crippen LogP contribution < -0.4 is 5.32 Å². The Balaban J connectivity index is 2.32. The third-order valence-corrected chi connectivity index (χ3v) is 2.95. The van der Waals surface area contributed by atoms with E-state index in [0.29, 0.717) is 5.95 Å². The van der Waals surface area contributed by atoms with E-state index in [1.165, 1.54) is 4.68 Å². The summed E-state index contributed by atoms with van der Waals surface area (Å²) in [5, 5.41) is 16.8. The molecule has 2 N–H and O–H groups in total. The van der Waals surface area contributed by atoms with Crippen molar-refractivity contribution >= 4 is 17.5 Å². The third kappa shape index (κ3) is 3.18. The second-order valence-electron chi connectivity index (χ2n) is 4.70. The highest BCUT2D eigenvalue weighted by Gasteiger charge is 2.25. The normalized spacial score (nSPS) is 13.3. The van der Waals surface area contributed by atoms with Crippen molar-refractivity contribution in [2.24, 2.45) is 0 Å². The number of halogens is 1. The van der Waals surface area contributed by atoms with Gasteiger partial charge in [0.2, 0.25) is 11.2 Å². The molecule has 0 saturated heterocycles. The van der Waals surface area contributed by atoms with Crippen molar-refractivity contribution in [3.05, 3.63) is 23.7 Å². The van der Waals surface area contributed by atoms with Crippen LogP contribution in [0.4, 0.5) is 5.95 Å². The molecule has 102 valence electrons. The van der Waals surface area contributed by atoms with Gasteiger partial charge in [0, 0.05) is 12.4 Å². The molecule has 0 amide bonds. The third-order valence-electron chi connectivity index (χ3n) is 2.78. The Kier molecular flexibility index (Phi) is 3.68. The largest absolute Gasteiger partial charge is 0.391 e. The van der Waals surface area contributed by atoms with Gasteiger partial charge >= 0.3 is 0 Å². The number of aliphatic hydroxyl groups is 1. The van der Waals surface area contributed by atoms with Crippen molar-refractivity contribution in [3.8, 4) is 5.95 Å². The summed E-state index contributed by atoms with van der Waals surface area (Å²) in [5.41, 5.74) is -0.591. The lowest BCUT2D eigenvalue weighted by Gasteiger charge is -2.29. The van der Waals surface area contributed by atoms with Crippen LogP contribution in [0.1, 0.15) is 20.8 Å². The Morgan fingerprint density at radius 1 is 1.37 bits per heavy atom. The quantitative estimate of drug-likeness (QED) is 0.878. The van der Waals surface area contributed by atoms with Gasteiger partial charge in [-0.25, -0.2) is 4.68 Å². The Bertz CT molecular complexity index is 554. The van der Waals surface area contributed by atoms with Crippen LogP contribution in [0.2, 0.25) is 5.28 Å².